The second kappa shape index (κ2) is 5.62. The van der Waals surface area contributed by atoms with Gasteiger partial charge in [-0.25, -0.2) is 9.48 Å². The van der Waals surface area contributed by atoms with Crippen molar-refractivity contribution >= 4 is 5.97 Å². The molecule has 0 aliphatic heterocycles. The van der Waals surface area contributed by atoms with Gasteiger partial charge in [0, 0.05) is 30.2 Å². The van der Waals surface area contributed by atoms with Gasteiger partial charge >= 0.3 is 5.97 Å². The molecule has 1 heterocycles. The summed E-state index contributed by atoms with van der Waals surface area (Å²) in [6.07, 6.45) is 0.597. The highest BCUT2D eigenvalue weighted by atomic mass is 16.5. The quantitative estimate of drug-likeness (QED) is 0.627. The molecule has 0 bridgehead atoms. The summed E-state index contributed by atoms with van der Waals surface area (Å²) in [6, 6.07) is 15.5. The normalized spacial score (nSPS) is 12.0. The van der Waals surface area contributed by atoms with Crippen molar-refractivity contribution in [3.05, 3.63) is 70.9 Å². The first kappa shape index (κ1) is 14.7. The lowest BCUT2D eigenvalue weighted by molar-refractivity contribution is 0.0686. The molecule has 0 radical (unpaired) electrons. The average molecular weight is 320 g/mol. The highest BCUT2D eigenvalue weighted by Crippen LogP contribution is 2.38. The van der Waals surface area contributed by atoms with Crippen LogP contribution in [-0.2, 0) is 17.8 Å². The van der Waals surface area contributed by atoms with Crippen LogP contribution in [0.3, 0.4) is 0 Å². The van der Waals surface area contributed by atoms with Gasteiger partial charge in [0.15, 0.2) is 5.69 Å². The van der Waals surface area contributed by atoms with Crippen molar-refractivity contribution in [2.75, 3.05) is 7.11 Å². The monoisotopic (exact) mass is 320 g/mol. The lowest BCUT2D eigenvalue weighted by atomic mass is 10.1. The van der Waals surface area contributed by atoms with Gasteiger partial charge in [-0.1, -0.05) is 42.5 Å². The van der Waals surface area contributed by atoms with Crippen molar-refractivity contribution in [3.63, 3.8) is 0 Å². The van der Waals surface area contributed by atoms with Crippen molar-refractivity contribution in [3.8, 4) is 16.9 Å². The Balaban J connectivity index is 1.95. The van der Waals surface area contributed by atoms with E-state index in [1.54, 1.807) is 7.11 Å². The topological polar surface area (TPSA) is 64.4 Å². The number of para-hydroxylation sites is 1. The molecule has 1 aliphatic rings. The Morgan fingerprint density at radius 2 is 1.96 bits per heavy atom. The van der Waals surface area contributed by atoms with E-state index < -0.39 is 5.97 Å². The number of methoxy groups -OCH3 is 1. The number of fused-ring (bicyclic) bond motifs is 3. The number of rotatable bonds is 4. The van der Waals surface area contributed by atoms with Crippen LogP contribution in [0.25, 0.3) is 16.9 Å². The second-order valence-corrected chi connectivity index (χ2v) is 5.79. The lowest BCUT2D eigenvalue weighted by Gasteiger charge is -2.11. The summed E-state index contributed by atoms with van der Waals surface area (Å²) >= 11 is 0. The van der Waals surface area contributed by atoms with Crippen molar-refractivity contribution < 1.29 is 14.6 Å². The van der Waals surface area contributed by atoms with Crippen LogP contribution in [0.2, 0.25) is 0 Å². The first-order valence-electron chi connectivity index (χ1n) is 7.71. The van der Waals surface area contributed by atoms with E-state index in [0.717, 1.165) is 33.6 Å². The van der Waals surface area contributed by atoms with Crippen LogP contribution in [0.4, 0.5) is 0 Å². The predicted octanol–water partition coefficient (Wildman–Crippen LogP) is 3.29. The maximum absolute atomic E-state index is 11.9. The van der Waals surface area contributed by atoms with Gasteiger partial charge in [0.2, 0.25) is 0 Å². The first-order chi connectivity index (χ1) is 11.7. The summed E-state index contributed by atoms with van der Waals surface area (Å²) in [7, 11) is 1.62. The highest BCUT2D eigenvalue weighted by Gasteiger charge is 2.31. The predicted molar refractivity (Wildman–Crippen MR) is 89.5 cm³/mol. The molecule has 5 nitrogen and oxygen atoms in total. The van der Waals surface area contributed by atoms with Gasteiger partial charge in [-0.05, 0) is 11.6 Å². The smallest absolute Gasteiger partial charge is 0.354 e. The first-order valence-corrected chi connectivity index (χ1v) is 7.71. The van der Waals surface area contributed by atoms with Gasteiger partial charge < -0.3 is 9.84 Å². The second-order valence-electron chi connectivity index (χ2n) is 5.79. The molecule has 1 aromatic heterocycles. The Bertz CT molecular complexity index is 944. The molecular formula is C19H16N2O3. The van der Waals surface area contributed by atoms with Crippen LogP contribution in [0.1, 0.15) is 27.2 Å². The molecule has 0 saturated carbocycles. The summed E-state index contributed by atoms with van der Waals surface area (Å²) in [5.74, 6) is -0.969. The zero-order chi connectivity index (χ0) is 16.7. The number of benzene rings is 2. The van der Waals surface area contributed by atoms with Crippen molar-refractivity contribution in [2.45, 2.75) is 13.0 Å². The number of carboxylic acid groups (broad SMARTS) is 1. The third-order valence-electron chi connectivity index (χ3n) is 4.35. The van der Waals surface area contributed by atoms with Crippen LogP contribution in [0.5, 0.6) is 0 Å². The third-order valence-corrected chi connectivity index (χ3v) is 4.35. The number of carboxylic acids is 1. The lowest BCUT2D eigenvalue weighted by Crippen LogP contribution is -2.12. The molecule has 24 heavy (non-hydrogen) atoms. The molecular weight excluding hydrogens is 304 g/mol. The Kier molecular flexibility index (Phi) is 3.43. The summed E-state index contributed by atoms with van der Waals surface area (Å²) in [5.41, 5.74) is 5.53. The molecule has 1 N–H and O–H groups in total. The molecule has 3 aromatic rings. The van der Waals surface area contributed by atoms with E-state index in [9.17, 15) is 9.90 Å². The Labute approximate surface area is 139 Å². The Hall–Kier alpha value is -2.92. The van der Waals surface area contributed by atoms with E-state index >= 15 is 0 Å². The zero-order valence-corrected chi connectivity index (χ0v) is 13.2. The van der Waals surface area contributed by atoms with Crippen molar-refractivity contribution in [1.82, 2.24) is 9.78 Å². The van der Waals surface area contributed by atoms with E-state index in [4.69, 9.17) is 4.74 Å². The van der Waals surface area contributed by atoms with Crippen LogP contribution in [0, 0.1) is 0 Å². The molecule has 0 atom stereocenters. The van der Waals surface area contributed by atoms with Gasteiger partial charge in [0.05, 0.1) is 18.0 Å². The minimum atomic E-state index is -0.969. The van der Waals surface area contributed by atoms with E-state index in [0.29, 0.717) is 13.0 Å². The molecule has 0 saturated heterocycles. The summed E-state index contributed by atoms with van der Waals surface area (Å²) in [6.45, 7) is 0.399. The summed E-state index contributed by atoms with van der Waals surface area (Å²) < 4.78 is 6.77. The highest BCUT2D eigenvalue weighted by molar-refractivity contribution is 5.93. The van der Waals surface area contributed by atoms with Crippen LogP contribution >= 0.6 is 0 Å². The molecule has 0 unspecified atom stereocenters. The van der Waals surface area contributed by atoms with Crippen molar-refractivity contribution in [2.24, 2.45) is 0 Å². The molecule has 0 fully saturated rings. The number of ether oxygens (including phenoxy) is 1. The number of nitrogens with zero attached hydrogens (tertiary/aromatic N) is 2. The fourth-order valence-electron chi connectivity index (χ4n) is 3.32. The minimum absolute atomic E-state index is 0.227. The summed E-state index contributed by atoms with van der Waals surface area (Å²) in [5, 5.41) is 14.4. The molecule has 4 rings (SSSR count). The van der Waals surface area contributed by atoms with Gasteiger partial charge in [-0.2, -0.15) is 5.10 Å². The van der Waals surface area contributed by atoms with Gasteiger partial charge in [0.1, 0.15) is 0 Å². The average Bonchev–Trinajstić information content (AvgIpc) is 3.11. The standard InChI is InChI=1S/C19H16N2O3/c1-24-11-13-7-3-5-9-16(13)21-18(19(22)23)15-10-12-6-2-4-8-14(12)17(15)20-21/h2-9H,10-11H2,1H3,(H,22,23). The van der Waals surface area contributed by atoms with E-state index in [1.165, 1.54) is 4.68 Å². The summed E-state index contributed by atoms with van der Waals surface area (Å²) in [4.78, 5) is 11.9. The van der Waals surface area contributed by atoms with Crippen LogP contribution in [0.15, 0.2) is 48.5 Å². The van der Waals surface area contributed by atoms with Crippen LogP contribution < -0.4 is 0 Å². The Morgan fingerprint density at radius 1 is 1.21 bits per heavy atom. The molecule has 0 amide bonds. The van der Waals surface area contributed by atoms with Crippen LogP contribution in [-0.4, -0.2) is 28.0 Å². The van der Waals surface area contributed by atoms with E-state index in [-0.39, 0.29) is 5.69 Å². The minimum Gasteiger partial charge on any atom is -0.476 e. The maximum Gasteiger partial charge on any atom is 0.354 e. The molecule has 1 aliphatic carbocycles. The number of carbonyl (C=O) groups is 1. The molecule has 120 valence electrons. The van der Waals surface area contributed by atoms with Gasteiger partial charge in [-0.15, -0.1) is 0 Å². The number of hydrogen-bond donors (Lipinski definition) is 1. The molecule has 5 heteroatoms. The Morgan fingerprint density at radius 3 is 2.75 bits per heavy atom. The van der Waals surface area contributed by atoms with Crippen molar-refractivity contribution in [1.29, 1.82) is 0 Å². The maximum atomic E-state index is 11.9. The van der Waals surface area contributed by atoms with Gasteiger partial charge in [-0.3, -0.25) is 0 Å². The number of aromatic carboxylic acids is 1. The van der Waals surface area contributed by atoms with E-state index in [2.05, 4.69) is 5.10 Å². The zero-order valence-electron chi connectivity index (χ0n) is 13.2. The van der Waals surface area contributed by atoms with E-state index in [1.807, 2.05) is 48.5 Å². The molecule has 2 aromatic carbocycles. The largest absolute Gasteiger partial charge is 0.476 e. The fraction of sp³-hybridized carbons (Fsp3) is 0.158. The molecule has 0 spiro atoms. The fourth-order valence-corrected chi connectivity index (χ4v) is 3.32. The SMILES string of the molecule is COCc1ccccc1-n1nc2c(c1C(=O)O)Cc1ccccc1-2. The van der Waals surface area contributed by atoms with Gasteiger partial charge in [0.25, 0.3) is 0 Å². The number of aromatic nitrogens is 2. The third kappa shape index (κ3) is 2.13. The number of hydrogen-bond acceptors (Lipinski definition) is 3.